The summed E-state index contributed by atoms with van der Waals surface area (Å²) in [4.78, 5) is 23.0. The first-order valence-electron chi connectivity index (χ1n) is 8.81. The van der Waals surface area contributed by atoms with Gasteiger partial charge in [0, 0.05) is 26.2 Å². The van der Waals surface area contributed by atoms with Crippen LogP contribution in [0.5, 0.6) is 0 Å². The maximum atomic E-state index is 11.5. The first-order chi connectivity index (χ1) is 11.1. The highest BCUT2D eigenvalue weighted by Crippen LogP contribution is 2.42. The summed E-state index contributed by atoms with van der Waals surface area (Å²) in [5.41, 5.74) is 0.669. The Kier molecular flexibility index (Phi) is 5.74. The third-order valence-electron chi connectivity index (χ3n) is 5.16. The number of carbonyl (C=O) groups excluding carboxylic acids is 2. The fourth-order valence-corrected chi connectivity index (χ4v) is 3.67. The number of rotatable bonds is 6. The quantitative estimate of drug-likeness (QED) is 0.422. The van der Waals surface area contributed by atoms with Gasteiger partial charge in [-0.05, 0) is 44.6 Å². The third-order valence-corrected chi connectivity index (χ3v) is 5.16. The summed E-state index contributed by atoms with van der Waals surface area (Å²) in [5.74, 6) is -0.0513. The van der Waals surface area contributed by atoms with E-state index in [0.717, 1.165) is 24.8 Å². The molecule has 2 fully saturated rings. The van der Waals surface area contributed by atoms with Crippen molar-refractivity contribution in [3.63, 3.8) is 0 Å². The molecule has 1 saturated carbocycles. The van der Waals surface area contributed by atoms with Gasteiger partial charge < -0.3 is 14.2 Å². The molecule has 0 spiro atoms. The topological polar surface area (TPSA) is 65.1 Å². The summed E-state index contributed by atoms with van der Waals surface area (Å²) in [5, 5.41) is 0. The molecule has 0 bridgehead atoms. The van der Waals surface area contributed by atoms with E-state index < -0.39 is 6.10 Å². The second-order valence-corrected chi connectivity index (χ2v) is 7.79. The molecule has 2 aliphatic rings. The molecule has 2 rings (SSSR count). The summed E-state index contributed by atoms with van der Waals surface area (Å²) < 4.78 is 16.7. The van der Waals surface area contributed by atoms with Gasteiger partial charge in [-0.15, -0.1) is 0 Å². The molecule has 0 aromatic carbocycles. The second kappa shape index (κ2) is 7.26. The van der Waals surface area contributed by atoms with E-state index in [1.807, 2.05) is 13.8 Å². The SMILES string of the molecule is C=C([C@@H](C[C@H]1OC1(C)C)OC(C)=O)[C@@H]1C[C@@H](C)CC[C@H]1OC(C)=O. The van der Waals surface area contributed by atoms with Gasteiger partial charge in [-0.25, -0.2) is 0 Å². The normalized spacial score (nSPS) is 32.5. The van der Waals surface area contributed by atoms with Gasteiger partial charge in [0.15, 0.2) is 0 Å². The number of ether oxygens (including phenoxy) is 3. The van der Waals surface area contributed by atoms with Crippen LogP contribution in [0.1, 0.15) is 60.3 Å². The fourth-order valence-electron chi connectivity index (χ4n) is 3.67. The van der Waals surface area contributed by atoms with Crippen molar-refractivity contribution in [1.29, 1.82) is 0 Å². The molecule has 0 radical (unpaired) electrons. The molecule has 0 amide bonds. The summed E-state index contributed by atoms with van der Waals surface area (Å²) in [6.07, 6.45) is 2.82. The largest absolute Gasteiger partial charge is 0.462 e. The van der Waals surface area contributed by atoms with Crippen molar-refractivity contribution in [2.45, 2.75) is 84.2 Å². The zero-order chi connectivity index (χ0) is 18.1. The first kappa shape index (κ1) is 19.0. The molecule has 5 nitrogen and oxygen atoms in total. The predicted molar refractivity (Wildman–Crippen MR) is 90.3 cm³/mol. The van der Waals surface area contributed by atoms with Crippen LogP contribution in [-0.2, 0) is 23.8 Å². The van der Waals surface area contributed by atoms with Gasteiger partial charge in [0.1, 0.15) is 12.2 Å². The maximum Gasteiger partial charge on any atom is 0.303 e. The van der Waals surface area contributed by atoms with Crippen molar-refractivity contribution in [3.05, 3.63) is 12.2 Å². The number of hydrogen-bond acceptors (Lipinski definition) is 5. The number of hydrogen-bond donors (Lipinski definition) is 0. The maximum absolute atomic E-state index is 11.5. The average molecular weight is 338 g/mol. The highest BCUT2D eigenvalue weighted by Gasteiger charge is 2.50. The third kappa shape index (κ3) is 4.82. The van der Waals surface area contributed by atoms with E-state index in [9.17, 15) is 9.59 Å². The van der Waals surface area contributed by atoms with Crippen molar-refractivity contribution in [2.24, 2.45) is 11.8 Å². The second-order valence-electron chi connectivity index (χ2n) is 7.79. The summed E-state index contributed by atoms with van der Waals surface area (Å²) in [6.45, 7) is 13.3. The molecule has 1 heterocycles. The van der Waals surface area contributed by atoms with Crippen LogP contribution in [0.2, 0.25) is 0 Å². The van der Waals surface area contributed by atoms with Gasteiger partial charge in [-0.1, -0.05) is 13.5 Å². The van der Waals surface area contributed by atoms with E-state index in [4.69, 9.17) is 14.2 Å². The fraction of sp³-hybridized carbons (Fsp3) is 0.789. The van der Waals surface area contributed by atoms with Gasteiger partial charge in [-0.2, -0.15) is 0 Å². The lowest BCUT2D eigenvalue weighted by molar-refractivity contribution is -0.153. The van der Waals surface area contributed by atoms with E-state index in [1.165, 1.54) is 13.8 Å². The van der Waals surface area contributed by atoms with Gasteiger partial charge in [0.25, 0.3) is 0 Å². The van der Waals surface area contributed by atoms with Crippen LogP contribution in [0.4, 0.5) is 0 Å². The molecular weight excluding hydrogens is 308 g/mol. The highest BCUT2D eigenvalue weighted by atomic mass is 16.6. The Balaban J connectivity index is 2.11. The van der Waals surface area contributed by atoms with Gasteiger partial charge >= 0.3 is 11.9 Å². The van der Waals surface area contributed by atoms with Crippen LogP contribution in [0.25, 0.3) is 0 Å². The van der Waals surface area contributed by atoms with Gasteiger partial charge in [0.05, 0.1) is 11.7 Å². The van der Waals surface area contributed by atoms with E-state index >= 15 is 0 Å². The van der Waals surface area contributed by atoms with Crippen LogP contribution < -0.4 is 0 Å². The smallest absolute Gasteiger partial charge is 0.303 e. The predicted octanol–water partition coefficient (Wildman–Crippen LogP) is 3.41. The van der Waals surface area contributed by atoms with Gasteiger partial charge in [0.2, 0.25) is 0 Å². The molecule has 0 unspecified atom stereocenters. The average Bonchev–Trinajstić information content (AvgIpc) is 3.05. The van der Waals surface area contributed by atoms with Crippen molar-refractivity contribution in [1.82, 2.24) is 0 Å². The Bertz CT molecular complexity index is 510. The minimum Gasteiger partial charge on any atom is -0.462 e. The standard InChI is InChI=1S/C19H30O5/c1-11-7-8-16(22-13(3)20)15(9-11)12(2)17(23-14(4)21)10-18-19(5,6)24-18/h11,15-18H,2,7-10H2,1,3-6H3/t11-,15-,16+,17+,18+/m0/s1. The molecular formula is C19H30O5. The molecule has 1 aliphatic carbocycles. The molecule has 5 heteroatoms. The highest BCUT2D eigenvalue weighted by molar-refractivity contribution is 5.67. The van der Waals surface area contributed by atoms with E-state index in [-0.39, 0.29) is 35.7 Å². The van der Waals surface area contributed by atoms with Crippen LogP contribution in [0.3, 0.4) is 0 Å². The molecule has 0 N–H and O–H groups in total. The van der Waals surface area contributed by atoms with Crippen molar-refractivity contribution in [3.8, 4) is 0 Å². The molecule has 136 valence electrons. The molecule has 1 saturated heterocycles. The molecule has 24 heavy (non-hydrogen) atoms. The van der Waals surface area contributed by atoms with Gasteiger partial charge in [-0.3, -0.25) is 9.59 Å². The lowest BCUT2D eigenvalue weighted by Gasteiger charge is -2.37. The summed E-state index contributed by atoms with van der Waals surface area (Å²) in [7, 11) is 0. The Morgan fingerprint density at radius 3 is 2.38 bits per heavy atom. The van der Waals surface area contributed by atoms with E-state index in [0.29, 0.717) is 12.3 Å². The van der Waals surface area contributed by atoms with Crippen molar-refractivity contribution >= 4 is 11.9 Å². The molecule has 1 aliphatic heterocycles. The summed E-state index contributed by atoms with van der Waals surface area (Å²) in [6, 6.07) is 0. The minimum absolute atomic E-state index is 0.0175. The van der Waals surface area contributed by atoms with Crippen LogP contribution >= 0.6 is 0 Å². The number of esters is 2. The lowest BCUT2D eigenvalue weighted by Crippen LogP contribution is -2.37. The Morgan fingerprint density at radius 2 is 1.88 bits per heavy atom. The number of carbonyl (C=O) groups is 2. The first-order valence-corrected chi connectivity index (χ1v) is 8.81. The Morgan fingerprint density at radius 1 is 1.25 bits per heavy atom. The van der Waals surface area contributed by atoms with Crippen LogP contribution in [0.15, 0.2) is 12.2 Å². The van der Waals surface area contributed by atoms with Crippen molar-refractivity contribution < 1.29 is 23.8 Å². The molecule has 5 atom stereocenters. The van der Waals surface area contributed by atoms with E-state index in [2.05, 4.69) is 13.5 Å². The Hall–Kier alpha value is -1.36. The van der Waals surface area contributed by atoms with E-state index in [1.54, 1.807) is 0 Å². The van der Waals surface area contributed by atoms with Crippen LogP contribution in [-0.4, -0.2) is 35.9 Å². The minimum atomic E-state index is -0.400. The van der Waals surface area contributed by atoms with Crippen LogP contribution in [0, 0.1) is 11.8 Å². The summed E-state index contributed by atoms with van der Waals surface area (Å²) >= 11 is 0. The Labute approximate surface area is 144 Å². The number of epoxide rings is 1. The lowest BCUT2D eigenvalue weighted by atomic mass is 9.75. The molecule has 0 aromatic rings. The van der Waals surface area contributed by atoms with Crippen molar-refractivity contribution in [2.75, 3.05) is 0 Å². The monoisotopic (exact) mass is 338 g/mol. The zero-order valence-corrected chi connectivity index (χ0v) is 15.5. The zero-order valence-electron chi connectivity index (χ0n) is 15.5. The molecule has 0 aromatic heterocycles.